The molecule has 0 unspecified atom stereocenters. The normalized spacial score (nSPS) is 16.2. The van der Waals surface area contributed by atoms with Gasteiger partial charge in [-0.1, -0.05) is 28.1 Å². The van der Waals surface area contributed by atoms with Crippen molar-refractivity contribution >= 4 is 15.9 Å². The molecule has 0 amide bonds. The highest BCUT2D eigenvalue weighted by molar-refractivity contribution is 9.10. The lowest BCUT2D eigenvalue weighted by molar-refractivity contribution is 0.0286. The molecule has 4 nitrogen and oxygen atoms in total. The summed E-state index contributed by atoms with van der Waals surface area (Å²) >= 11 is 3.52. The summed E-state index contributed by atoms with van der Waals surface area (Å²) in [5.41, 5.74) is 2.30. The number of piperidine rings is 1. The number of rotatable bonds is 5. The Labute approximate surface area is 133 Å². The lowest BCUT2D eigenvalue weighted by Crippen LogP contribution is -2.33. The van der Waals surface area contributed by atoms with Crippen molar-refractivity contribution in [2.45, 2.75) is 25.5 Å². The van der Waals surface area contributed by atoms with E-state index in [0.29, 0.717) is 6.10 Å². The van der Waals surface area contributed by atoms with Crippen LogP contribution in [0.2, 0.25) is 0 Å². The van der Waals surface area contributed by atoms with Crippen LogP contribution < -0.4 is 5.32 Å². The highest BCUT2D eigenvalue weighted by Crippen LogP contribution is 2.22. The zero-order chi connectivity index (χ0) is 14.5. The van der Waals surface area contributed by atoms with Crippen molar-refractivity contribution in [2.75, 3.05) is 19.7 Å². The molecule has 2 heterocycles. The second-order valence-corrected chi connectivity index (χ2v) is 6.22. The van der Waals surface area contributed by atoms with Gasteiger partial charge < -0.3 is 14.6 Å². The summed E-state index contributed by atoms with van der Waals surface area (Å²) in [5, 5.41) is 3.35. The molecule has 1 aromatic heterocycles. The van der Waals surface area contributed by atoms with Crippen LogP contribution in [0.4, 0.5) is 0 Å². The molecule has 0 spiro atoms. The summed E-state index contributed by atoms with van der Waals surface area (Å²) in [6.07, 6.45) is 6.42. The molecule has 0 bridgehead atoms. The minimum absolute atomic E-state index is 0.407. The number of benzene rings is 1. The van der Waals surface area contributed by atoms with Gasteiger partial charge in [0.2, 0.25) is 0 Å². The van der Waals surface area contributed by atoms with Gasteiger partial charge in [-0.05, 0) is 38.1 Å². The van der Waals surface area contributed by atoms with Crippen molar-refractivity contribution < 1.29 is 4.74 Å². The number of nitrogens with one attached hydrogen (secondary N) is 1. The highest BCUT2D eigenvalue weighted by atomic mass is 79.9. The van der Waals surface area contributed by atoms with E-state index in [1.807, 2.05) is 24.7 Å². The molecule has 1 fully saturated rings. The predicted molar refractivity (Wildman–Crippen MR) is 87.2 cm³/mol. The zero-order valence-corrected chi connectivity index (χ0v) is 13.6. The summed E-state index contributed by atoms with van der Waals surface area (Å²) < 4.78 is 9.21. The fourth-order valence-corrected chi connectivity index (χ4v) is 3.07. The van der Waals surface area contributed by atoms with Crippen LogP contribution in [0.3, 0.4) is 0 Å². The van der Waals surface area contributed by atoms with Gasteiger partial charge in [-0.15, -0.1) is 0 Å². The molecule has 0 radical (unpaired) electrons. The summed E-state index contributed by atoms with van der Waals surface area (Å²) in [7, 11) is 0. The van der Waals surface area contributed by atoms with Gasteiger partial charge in [-0.2, -0.15) is 0 Å². The van der Waals surface area contributed by atoms with Crippen molar-refractivity contribution in [3.8, 4) is 11.3 Å². The topological polar surface area (TPSA) is 39.1 Å². The van der Waals surface area contributed by atoms with Crippen LogP contribution in [0.25, 0.3) is 11.3 Å². The minimum Gasteiger partial charge on any atom is -0.376 e. The predicted octanol–water partition coefficient (Wildman–Crippen LogP) is 3.08. The highest BCUT2D eigenvalue weighted by Gasteiger charge is 2.13. The standard InChI is InChI=1S/C16H20BrN3O/c17-14-3-1-2-13(10-14)16-11-19-12-20(16)8-9-21-15-4-6-18-7-5-15/h1-3,10-12,15,18H,4-9H2. The lowest BCUT2D eigenvalue weighted by atomic mass is 10.1. The van der Waals surface area contributed by atoms with Crippen LogP contribution in [-0.2, 0) is 11.3 Å². The van der Waals surface area contributed by atoms with Gasteiger partial charge in [-0.3, -0.25) is 0 Å². The molecule has 1 N–H and O–H groups in total. The SMILES string of the molecule is Brc1cccc(-c2cncn2CCOC2CCNCC2)c1. The van der Waals surface area contributed by atoms with Crippen molar-refractivity contribution in [1.29, 1.82) is 0 Å². The summed E-state index contributed by atoms with van der Waals surface area (Å²) in [4.78, 5) is 4.28. The molecular formula is C16H20BrN3O. The molecule has 1 aliphatic heterocycles. The van der Waals surface area contributed by atoms with Crippen LogP contribution in [-0.4, -0.2) is 35.4 Å². The maximum absolute atomic E-state index is 5.97. The third-order valence-corrected chi connectivity index (χ3v) is 4.30. The molecule has 2 aromatic rings. The average Bonchev–Trinajstić information content (AvgIpc) is 2.97. The van der Waals surface area contributed by atoms with Crippen LogP contribution in [0.1, 0.15) is 12.8 Å². The monoisotopic (exact) mass is 349 g/mol. The van der Waals surface area contributed by atoms with Crippen molar-refractivity contribution in [1.82, 2.24) is 14.9 Å². The van der Waals surface area contributed by atoms with Crippen LogP contribution >= 0.6 is 15.9 Å². The molecule has 5 heteroatoms. The molecule has 0 atom stereocenters. The van der Waals surface area contributed by atoms with E-state index in [4.69, 9.17) is 4.74 Å². The Morgan fingerprint density at radius 3 is 3.00 bits per heavy atom. The first-order valence-corrected chi connectivity index (χ1v) is 8.20. The number of hydrogen-bond acceptors (Lipinski definition) is 3. The minimum atomic E-state index is 0.407. The average molecular weight is 350 g/mol. The van der Waals surface area contributed by atoms with E-state index in [-0.39, 0.29) is 0 Å². The summed E-state index contributed by atoms with van der Waals surface area (Å²) in [6.45, 7) is 3.71. The maximum Gasteiger partial charge on any atom is 0.0951 e. The fourth-order valence-electron chi connectivity index (χ4n) is 2.67. The zero-order valence-electron chi connectivity index (χ0n) is 12.0. The molecular weight excluding hydrogens is 330 g/mol. The molecule has 21 heavy (non-hydrogen) atoms. The Hall–Kier alpha value is -1.17. The Bertz CT molecular complexity index is 578. The molecule has 0 aliphatic carbocycles. The van der Waals surface area contributed by atoms with E-state index < -0.39 is 0 Å². The Balaban J connectivity index is 1.60. The van der Waals surface area contributed by atoms with E-state index in [1.165, 1.54) is 5.56 Å². The Kier molecular flexibility index (Phi) is 5.06. The smallest absolute Gasteiger partial charge is 0.0951 e. The number of halogens is 1. The van der Waals surface area contributed by atoms with Crippen molar-refractivity contribution in [2.24, 2.45) is 0 Å². The number of imidazole rings is 1. The maximum atomic E-state index is 5.97. The molecule has 112 valence electrons. The van der Waals surface area contributed by atoms with Crippen LogP contribution in [0.5, 0.6) is 0 Å². The molecule has 1 saturated heterocycles. The van der Waals surface area contributed by atoms with Gasteiger partial charge in [0.25, 0.3) is 0 Å². The number of ether oxygens (including phenoxy) is 1. The van der Waals surface area contributed by atoms with E-state index in [0.717, 1.165) is 49.2 Å². The summed E-state index contributed by atoms with van der Waals surface area (Å²) in [5.74, 6) is 0. The summed E-state index contributed by atoms with van der Waals surface area (Å²) in [6, 6.07) is 8.29. The third-order valence-electron chi connectivity index (χ3n) is 3.80. The van der Waals surface area contributed by atoms with E-state index in [2.05, 4.69) is 42.9 Å². The molecule has 1 aliphatic rings. The van der Waals surface area contributed by atoms with Gasteiger partial charge in [0.1, 0.15) is 0 Å². The molecule has 1 aromatic carbocycles. The Morgan fingerprint density at radius 2 is 2.19 bits per heavy atom. The fraction of sp³-hybridized carbons (Fsp3) is 0.438. The van der Waals surface area contributed by atoms with E-state index in [9.17, 15) is 0 Å². The molecule has 0 saturated carbocycles. The van der Waals surface area contributed by atoms with Crippen molar-refractivity contribution in [3.05, 3.63) is 41.3 Å². The Morgan fingerprint density at radius 1 is 1.33 bits per heavy atom. The van der Waals surface area contributed by atoms with Gasteiger partial charge in [0, 0.05) is 16.6 Å². The second kappa shape index (κ2) is 7.20. The third kappa shape index (κ3) is 3.93. The van der Waals surface area contributed by atoms with Gasteiger partial charge in [0.15, 0.2) is 0 Å². The first kappa shape index (κ1) is 14.8. The quantitative estimate of drug-likeness (QED) is 0.901. The van der Waals surface area contributed by atoms with Gasteiger partial charge >= 0.3 is 0 Å². The van der Waals surface area contributed by atoms with Gasteiger partial charge in [-0.25, -0.2) is 4.98 Å². The number of aromatic nitrogens is 2. The van der Waals surface area contributed by atoms with Crippen molar-refractivity contribution in [3.63, 3.8) is 0 Å². The first-order chi connectivity index (χ1) is 10.3. The van der Waals surface area contributed by atoms with E-state index in [1.54, 1.807) is 0 Å². The van der Waals surface area contributed by atoms with Crippen LogP contribution in [0.15, 0.2) is 41.3 Å². The molecule has 3 rings (SSSR count). The second-order valence-electron chi connectivity index (χ2n) is 5.30. The van der Waals surface area contributed by atoms with Crippen LogP contribution in [0, 0.1) is 0 Å². The first-order valence-electron chi connectivity index (χ1n) is 7.41. The van der Waals surface area contributed by atoms with Gasteiger partial charge in [0.05, 0.1) is 30.9 Å². The number of nitrogens with zero attached hydrogens (tertiary/aromatic N) is 2. The number of hydrogen-bond donors (Lipinski definition) is 1. The largest absolute Gasteiger partial charge is 0.376 e. The van der Waals surface area contributed by atoms with E-state index >= 15 is 0 Å². The lowest BCUT2D eigenvalue weighted by Gasteiger charge is -2.23.